The number of para-hydroxylation sites is 2. The molecule has 292 valence electrons. The molecule has 13 aromatic rings. The highest BCUT2D eigenvalue weighted by atomic mass is 15.2. The minimum Gasteiger partial charge on any atom is -0.308 e. The summed E-state index contributed by atoms with van der Waals surface area (Å²) in [6, 6.07) is 61.8. The van der Waals surface area contributed by atoms with Gasteiger partial charge in [-0.2, -0.15) is 0 Å². The summed E-state index contributed by atoms with van der Waals surface area (Å²) in [4.78, 5) is 2.48. The van der Waals surface area contributed by atoms with Crippen molar-refractivity contribution in [3.8, 4) is 0 Å². The van der Waals surface area contributed by atoms with Gasteiger partial charge in [0.25, 0.3) is 0 Å². The van der Waals surface area contributed by atoms with Crippen LogP contribution in [0, 0.1) is 0 Å². The van der Waals surface area contributed by atoms with Gasteiger partial charge in [0.1, 0.15) is 0 Å². The molecule has 13 rings (SSSR count). The van der Waals surface area contributed by atoms with Crippen LogP contribution >= 0.6 is 0 Å². The van der Waals surface area contributed by atoms with Crippen LogP contribution in [-0.2, 0) is 10.8 Å². The quantitative estimate of drug-likeness (QED) is 0.174. The Bertz CT molecular complexity index is 3890. The number of nitrogens with zero attached hydrogens (tertiary/aromatic N) is 3. The minimum atomic E-state index is -0.0794. The van der Waals surface area contributed by atoms with Crippen LogP contribution < -0.4 is 4.90 Å². The Labute approximate surface area is 354 Å². The number of hydrogen-bond acceptors (Lipinski definition) is 1. The van der Waals surface area contributed by atoms with Crippen molar-refractivity contribution < 1.29 is 0 Å². The summed E-state index contributed by atoms with van der Waals surface area (Å²) >= 11 is 0. The summed E-state index contributed by atoms with van der Waals surface area (Å²) in [5, 5.41) is 15.6. The van der Waals surface area contributed by atoms with Gasteiger partial charge < -0.3 is 13.7 Å². The molecule has 0 bridgehead atoms. The lowest BCUT2D eigenvalue weighted by Crippen LogP contribution is -2.15. The summed E-state index contributed by atoms with van der Waals surface area (Å²) in [5.74, 6) is 0. The van der Waals surface area contributed by atoms with Gasteiger partial charge in [0.2, 0.25) is 0 Å². The van der Waals surface area contributed by atoms with Crippen molar-refractivity contribution in [2.24, 2.45) is 0 Å². The van der Waals surface area contributed by atoms with Gasteiger partial charge in [0.15, 0.2) is 0 Å². The highest BCUT2D eigenvalue weighted by Gasteiger charge is 2.30. The molecular formula is C58H45N3. The van der Waals surface area contributed by atoms with Crippen molar-refractivity contribution in [2.75, 3.05) is 4.90 Å². The second-order valence-electron chi connectivity index (χ2n) is 19.4. The van der Waals surface area contributed by atoms with E-state index in [1.54, 1.807) is 0 Å². The van der Waals surface area contributed by atoms with Crippen molar-refractivity contribution in [1.82, 2.24) is 8.80 Å². The van der Waals surface area contributed by atoms with Crippen LogP contribution in [0.25, 0.3) is 97.7 Å². The lowest BCUT2D eigenvalue weighted by atomic mass is 9.85. The van der Waals surface area contributed by atoms with Gasteiger partial charge in [-0.3, -0.25) is 0 Å². The minimum absolute atomic E-state index is 0.0286. The maximum absolute atomic E-state index is 2.63. The number of hydrogen-bond donors (Lipinski definition) is 0. The summed E-state index contributed by atoms with van der Waals surface area (Å²) in [7, 11) is 0. The molecular weight excluding hydrogens is 739 g/mol. The number of fused-ring (bicyclic) bond motifs is 16. The summed E-state index contributed by atoms with van der Waals surface area (Å²) < 4.78 is 5.21. The Hall–Kier alpha value is -7.10. The van der Waals surface area contributed by atoms with Crippen molar-refractivity contribution in [1.29, 1.82) is 0 Å². The van der Waals surface area contributed by atoms with Gasteiger partial charge >= 0.3 is 0 Å². The normalized spacial score (nSPS) is 13.1. The first-order valence-corrected chi connectivity index (χ1v) is 21.7. The fourth-order valence-corrected chi connectivity index (χ4v) is 10.8. The molecule has 4 aromatic heterocycles. The van der Waals surface area contributed by atoms with E-state index in [2.05, 4.69) is 219 Å². The third-order valence-corrected chi connectivity index (χ3v) is 13.8. The van der Waals surface area contributed by atoms with Gasteiger partial charge in [-0.05, 0) is 116 Å². The van der Waals surface area contributed by atoms with E-state index in [0.29, 0.717) is 0 Å². The molecule has 0 amide bonds. The van der Waals surface area contributed by atoms with E-state index < -0.39 is 0 Å². The maximum Gasteiger partial charge on any atom is 0.0783 e. The van der Waals surface area contributed by atoms with E-state index in [1.807, 2.05) is 0 Å². The van der Waals surface area contributed by atoms with E-state index in [1.165, 1.54) is 115 Å². The smallest absolute Gasteiger partial charge is 0.0783 e. The second kappa shape index (κ2) is 11.8. The topological polar surface area (TPSA) is 12.1 Å². The van der Waals surface area contributed by atoms with Crippen LogP contribution in [0.1, 0.15) is 52.7 Å². The van der Waals surface area contributed by atoms with Crippen LogP contribution in [0.15, 0.2) is 164 Å². The second-order valence-corrected chi connectivity index (χ2v) is 19.4. The first-order valence-electron chi connectivity index (χ1n) is 21.7. The molecule has 0 aliphatic rings. The molecule has 4 heterocycles. The third kappa shape index (κ3) is 4.64. The highest BCUT2D eigenvalue weighted by molar-refractivity contribution is 6.35. The van der Waals surface area contributed by atoms with Gasteiger partial charge in [-0.15, -0.1) is 0 Å². The number of aromatic nitrogens is 2. The Morgan fingerprint density at radius 1 is 0.344 bits per heavy atom. The van der Waals surface area contributed by atoms with Crippen LogP contribution in [0.5, 0.6) is 0 Å². The van der Waals surface area contributed by atoms with E-state index in [4.69, 9.17) is 0 Å². The Kier molecular flexibility index (Phi) is 6.72. The molecule has 0 aliphatic carbocycles. The Morgan fingerprint density at radius 2 is 0.869 bits per heavy atom. The molecule has 3 nitrogen and oxygen atoms in total. The van der Waals surface area contributed by atoms with Crippen molar-refractivity contribution in [2.45, 2.75) is 52.4 Å². The first kappa shape index (κ1) is 34.7. The Balaban J connectivity index is 1.28. The average Bonchev–Trinajstić information content (AvgIpc) is 3.98. The van der Waals surface area contributed by atoms with Crippen molar-refractivity contribution in [3.63, 3.8) is 0 Å². The van der Waals surface area contributed by atoms with E-state index >= 15 is 0 Å². The monoisotopic (exact) mass is 783 g/mol. The van der Waals surface area contributed by atoms with Crippen LogP contribution in [-0.4, -0.2) is 8.80 Å². The van der Waals surface area contributed by atoms with Gasteiger partial charge in [0, 0.05) is 54.5 Å². The zero-order valence-electron chi connectivity index (χ0n) is 35.4. The molecule has 0 radical (unpaired) electrons. The first-order chi connectivity index (χ1) is 29.5. The number of anilines is 3. The maximum atomic E-state index is 2.63. The lowest BCUT2D eigenvalue weighted by Gasteiger charge is -2.29. The van der Waals surface area contributed by atoms with Crippen LogP contribution in [0.3, 0.4) is 0 Å². The molecule has 9 aromatic carbocycles. The van der Waals surface area contributed by atoms with E-state index in [0.717, 1.165) is 11.4 Å². The highest BCUT2D eigenvalue weighted by Crippen LogP contribution is 2.51. The molecule has 3 heteroatoms. The van der Waals surface area contributed by atoms with E-state index in [-0.39, 0.29) is 10.8 Å². The largest absolute Gasteiger partial charge is 0.308 e. The fourth-order valence-electron chi connectivity index (χ4n) is 10.8. The lowest BCUT2D eigenvalue weighted by molar-refractivity contribution is 0.591. The molecule has 61 heavy (non-hydrogen) atoms. The van der Waals surface area contributed by atoms with E-state index in [9.17, 15) is 0 Å². The Morgan fingerprint density at radius 3 is 1.54 bits per heavy atom. The van der Waals surface area contributed by atoms with Crippen LogP contribution in [0.4, 0.5) is 17.1 Å². The van der Waals surface area contributed by atoms with Gasteiger partial charge in [0.05, 0.1) is 38.8 Å². The average molecular weight is 784 g/mol. The van der Waals surface area contributed by atoms with Crippen LogP contribution in [0.2, 0.25) is 0 Å². The predicted molar refractivity (Wildman–Crippen MR) is 263 cm³/mol. The molecule has 0 atom stereocenters. The zero-order valence-corrected chi connectivity index (χ0v) is 35.4. The van der Waals surface area contributed by atoms with Gasteiger partial charge in [-0.25, -0.2) is 0 Å². The zero-order chi connectivity index (χ0) is 41.1. The van der Waals surface area contributed by atoms with Crippen molar-refractivity contribution >= 4 is 115 Å². The molecule has 0 unspecified atom stereocenters. The molecule has 0 saturated carbocycles. The predicted octanol–water partition coefficient (Wildman–Crippen LogP) is 16.4. The molecule has 0 aliphatic heterocycles. The van der Waals surface area contributed by atoms with Crippen molar-refractivity contribution in [3.05, 3.63) is 175 Å². The number of rotatable bonds is 3. The molecule has 0 saturated heterocycles. The fraction of sp³-hybridized carbons (Fsp3) is 0.138. The SMILES string of the molecule is CC(C)(C)c1cc(N(c2ccccc2)c2ccccc2)c2c(c1)c1cc3ccccc3c3c4cc5c(cc4n2c13)c1cc(C(C)(C)C)cc2c3c4ccccc4ccc3n5c12. The summed E-state index contributed by atoms with van der Waals surface area (Å²) in [6.07, 6.45) is 0. The standard InChI is InChI=1S/C58H45N3/c1-57(2,3)36-28-44-42-32-50-46(33-49(42)60-48-26-25-34-17-13-15-23-40(34)52(48)47(30-36)54(44)60)53-41-24-16-14-18-35(41)27-43-45-29-37(58(4,5)6)31-51(55(45)61(50)56(43)53)59(38-19-9-7-10-20-38)39-21-11-8-12-22-39/h7-33H,1-6H3. The molecule has 0 spiro atoms. The van der Waals surface area contributed by atoms with Gasteiger partial charge in [-0.1, -0.05) is 133 Å². The molecule has 0 fully saturated rings. The third-order valence-electron chi connectivity index (χ3n) is 13.8. The summed E-state index contributed by atoms with van der Waals surface area (Å²) in [5.41, 5.74) is 13.6. The number of benzene rings is 9. The summed E-state index contributed by atoms with van der Waals surface area (Å²) in [6.45, 7) is 14.1. The molecule has 0 N–H and O–H groups in total.